The fourth-order valence-corrected chi connectivity index (χ4v) is 6.71. The molecule has 2 aromatic rings. The Morgan fingerprint density at radius 1 is 1.03 bits per heavy atom. The third-order valence-electron chi connectivity index (χ3n) is 6.65. The smallest absolute Gasteiger partial charge is 0.286 e. The molecule has 0 radical (unpaired) electrons. The topological polar surface area (TPSA) is 98.8 Å². The van der Waals surface area contributed by atoms with Gasteiger partial charge in [0.2, 0.25) is 5.91 Å². The molecule has 2 aliphatic carbocycles. The maximum absolute atomic E-state index is 13.4. The molecule has 2 fully saturated rings. The quantitative estimate of drug-likeness (QED) is 0.752. The molecule has 8 heteroatoms. The van der Waals surface area contributed by atoms with Crippen LogP contribution in [0.4, 0.5) is 4.79 Å². The van der Waals surface area contributed by atoms with Crippen molar-refractivity contribution in [3.05, 3.63) is 71.3 Å². The van der Waals surface area contributed by atoms with E-state index in [0.717, 1.165) is 35.9 Å². The van der Waals surface area contributed by atoms with Gasteiger partial charge in [0.05, 0.1) is 24.0 Å². The van der Waals surface area contributed by atoms with E-state index in [1.165, 1.54) is 0 Å². The third kappa shape index (κ3) is 2.64. The van der Waals surface area contributed by atoms with Gasteiger partial charge in [-0.3, -0.25) is 19.7 Å². The molecule has 4 heterocycles. The van der Waals surface area contributed by atoms with E-state index < -0.39 is 21.8 Å². The van der Waals surface area contributed by atoms with Crippen molar-refractivity contribution >= 4 is 28.7 Å². The Balaban J connectivity index is 1.59. The summed E-state index contributed by atoms with van der Waals surface area (Å²) in [4.78, 5) is 38.5. The number of Topliss-reactive ketones (excluding diaryl/α,β-unsaturated/α-hetero) is 1. The second kappa shape index (κ2) is 6.75. The highest BCUT2D eigenvalue weighted by atomic mass is 32.2. The van der Waals surface area contributed by atoms with Gasteiger partial charge in [-0.15, -0.1) is 0 Å². The van der Waals surface area contributed by atoms with E-state index in [1.54, 1.807) is 30.7 Å². The first-order chi connectivity index (χ1) is 15.1. The van der Waals surface area contributed by atoms with E-state index >= 15 is 0 Å². The average Bonchev–Trinajstić information content (AvgIpc) is 3.50. The monoisotopic (exact) mass is 437 g/mol. The minimum absolute atomic E-state index is 0.0483. The Labute approximate surface area is 181 Å². The van der Waals surface area contributed by atoms with Crippen molar-refractivity contribution in [3.63, 3.8) is 0 Å². The van der Waals surface area contributed by atoms with Crippen molar-refractivity contribution in [2.75, 3.05) is 0 Å². The largest absolute Gasteiger partial charge is 0.490 e. The lowest BCUT2D eigenvalue weighted by molar-refractivity contribution is -0.124. The number of ether oxygens (including phenoxy) is 1. The molecular formula is C23H19NO6S. The fraction of sp³-hybridized carbons (Fsp3) is 0.348. The number of thioether (sulfide) groups is 1. The number of hydrogen-bond acceptors (Lipinski definition) is 7. The van der Waals surface area contributed by atoms with Crippen molar-refractivity contribution in [2.45, 2.75) is 48.4 Å². The van der Waals surface area contributed by atoms with Crippen LogP contribution in [0.5, 0.6) is 0 Å². The van der Waals surface area contributed by atoms with Crippen molar-refractivity contribution in [1.29, 1.82) is 0 Å². The molecule has 1 N–H and O–H groups in total. The molecule has 2 aromatic heterocycles. The molecule has 1 saturated carbocycles. The fourth-order valence-electron chi connectivity index (χ4n) is 5.39. The predicted molar refractivity (Wildman–Crippen MR) is 110 cm³/mol. The summed E-state index contributed by atoms with van der Waals surface area (Å²) in [5.41, 5.74) is 1.37. The lowest BCUT2D eigenvalue weighted by Crippen LogP contribution is -2.53. The lowest BCUT2D eigenvalue weighted by atomic mass is 9.64. The summed E-state index contributed by atoms with van der Waals surface area (Å²) < 4.78 is 16.7. The van der Waals surface area contributed by atoms with Gasteiger partial charge < -0.3 is 13.6 Å². The number of allylic oxidation sites excluding steroid dienone is 3. The van der Waals surface area contributed by atoms with Crippen LogP contribution in [0.2, 0.25) is 0 Å². The summed E-state index contributed by atoms with van der Waals surface area (Å²) in [6, 6.07) is 7.17. The molecule has 0 unspecified atom stereocenters. The molecule has 0 aromatic carbocycles. The van der Waals surface area contributed by atoms with E-state index in [-0.39, 0.29) is 17.8 Å². The number of furan rings is 2. The molecule has 1 spiro atoms. The van der Waals surface area contributed by atoms with Gasteiger partial charge in [-0.2, -0.15) is 0 Å². The molecule has 6 rings (SSSR count). The Bertz CT molecular complexity index is 1140. The van der Waals surface area contributed by atoms with Gasteiger partial charge in [-0.25, -0.2) is 0 Å². The van der Waals surface area contributed by atoms with Gasteiger partial charge in [-0.1, -0.05) is 0 Å². The van der Waals surface area contributed by atoms with Crippen LogP contribution in [0, 0.1) is 0 Å². The highest BCUT2D eigenvalue weighted by Gasteiger charge is 2.65. The first-order valence-corrected chi connectivity index (χ1v) is 11.2. The Morgan fingerprint density at radius 2 is 1.81 bits per heavy atom. The Hall–Kier alpha value is -3.00. The van der Waals surface area contributed by atoms with Gasteiger partial charge in [-0.05, 0) is 54.1 Å². The number of hydrogen-bond donors (Lipinski definition) is 1. The molecule has 4 aliphatic rings. The van der Waals surface area contributed by atoms with Gasteiger partial charge in [0.15, 0.2) is 5.78 Å². The van der Waals surface area contributed by atoms with Gasteiger partial charge in [0.25, 0.3) is 5.24 Å². The summed E-state index contributed by atoms with van der Waals surface area (Å²) in [6.07, 6.45) is 7.08. The lowest BCUT2D eigenvalue weighted by Gasteiger charge is -2.48. The number of carbonyl (C=O) groups excluding carboxylic acids is 3. The summed E-state index contributed by atoms with van der Waals surface area (Å²) in [7, 11) is 0. The summed E-state index contributed by atoms with van der Waals surface area (Å²) in [5, 5.41) is 2.08. The molecule has 7 nitrogen and oxygen atoms in total. The van der Waals surface area contributed by atoms with Gasteiger partial charge >= 0.3 is 0 Å². The van der Waals surface area contributed by atoms with E-state index in [0.29, 0.717) is 29.9 Å². The van der Waals surface area contributed by atoms with Crippen molar-refractivity contribution in [2.24, 2.45) is 0 Å². The summed E-state index contributed by atoms with van der Waals surface area (Å²) in [5.74, 6) is 0.564. The molecule has 2 aliphatic heterocycles. The van der Waals surface area contributed by atoms with Gasteiger partial charge in [0, 0.05) is 25.2 Å². The van der Waals surface area contributed by atoms with Crippen LogP contribution in [0.25, 0.3) is 0 Å². The molecular weight excluding hydrogens is 418 g/mol. The highest BCUT2D eigenvalue weighted by Crippen LogP contribution is 2.62. The van der Waals surface area contributed by atoms with Gasteiger partial charge in [0.1, 0.15) is 28.1 Å². The minimum Gasteiger partial charge on any atom is -0.490 e. The first kappa shape index (κ1) is 18.7. The highest BCUT2D eigenvalue weighted by molar-refractivity contribution is 8.16. The van der Waals surface area contributed by atoms with Crippen molar-refractivity contribution in [3.8, 4) is 0 Å². The van der Waals surface area contributed by atoms with E-state index in [1.807, 2.05) is 12.1 Å². The minimum atomic E-state index is -1.20. The van der Waals surface area contributed by atoms with E-state index in [9.17, 15) is 14.4 Å². The predicted octanol–water partition coefficient (Wildman–Crippen LogP) is 4.20. The molecule has 158 valence electrons. The zero-order valence-electron chi connectivity index (χ0n) is 16.5. The zero-order valence-corrected chi connectivity index (χ0v) is 17.3. The van der Waals surface area contributed by atoms with Crippen LogP contribution in [-0.2, 0) is 14.3 Å². The van der Waals surface area contributed by atoms with Crippen LogP contribution >= 0.6 is 11.8 Å². The van der Waals surface area contributed by atoms with Crippen molar-refractivity contribution in [1.82, 2.24) is 5.32 Å². The zero-order chi connectivity index (χ0) is 21.2. The van der Waals surface area contributed by atoms with Crippen LogP contribution in [0.15, 0.2) is 68.6 Å². The maximum atomic E-state index is 13.4. The Kier molecular flexibility index (Phi) is 4.08. The van der Waals surface area contributed by atoms with E-state index in [4.69, 9.17) is 13.6 Å². The number of amides is 2. The molecule has 31 heavy (non-hydrogen) atoms. The molecule has 0 bridgehead atoms. The van der Waals surface area contributed by atoms with Crippen LogP contribution in [-0.4, -0.2) is 27.8 Å². The number of nitrogens with one attached hydrogen (secondary N) is 1. The normalized spacial score (nSPS) is 32.5. The van der Waals surface area contributed by atoms with Crippen molar-refractivity contribution < 1.29 is 28.0 Å². The molecule has 2 amide bonds. The Morgan fingerprint density at radius 3 is 2.48 bits per heavy atom. The first-order valence-electron chi connectivity index (χ1n) is 10.3. The maximum Gasteiger partial charge on any atom is 0.286 e. The van der Waals surface area contributed by atoms with Crippen LogP contribution in [0.1, 0.15) is 49.0 Å². The van der Waals surface area contributed by atoms with E-state index in [2.05, 4.69) is 5.32 Å². The molecule has 1 saturated heterocycles. The second-order valence-corrected chi connectivity index (χ2v) is 9.50. The third-order valence-corrected chi connectivity index (χ3v) is 7.98. The second-order valence-electron chi connectivity index (χ2n) is 8.25. The van der Waals surface area contributed by atoms with Crippen LogP contribution < -0.4 is 5.32 Å². The number of rotatable bonds is 2. The average molecular weight is 437 g/mol. The summed E-state index contributed by atoms with van der Waals surface area (Å²) >= 11 is 0.979. The number of fused-ring (bicyclic) bond motifs is 1. The molecule has 4 atom stereocenters. The SMILES string of the molecule is O=C1NC(=O)[C@]2(S1)[C@H](c1ccco1)C[C@@H]1OC3=C(C=C1[C@H]2c1ccco1)C(=O)CCC3. The summed E-state index contributed by atoms with van der Waals surface area (Å²) in [6.45, 7) is 0. The number of imide groups is 1. The van der Waals surface area contributed by atoms with Crippen LogP contribution in [0.3, 0.4) is 0 Å². The number of ketones is 1. The number of carbonyl (C=O) groups is 3. The standard InChI is InChI=1S/C23H19NO6S/c25-15-4-1-5-16-12(15)10-13-19(30-16)11-14(17-6-2-8-28-17)23(21(26)24-22(27)31-23)20(13)18-7-3-9-29-18/h2-3,6-10,14,19-20H,1,4-5,11H2,(H,24,26,27)/t14-,19-,20-,23-/m0/s1.